The van der Waals surface area contributed by atoms with Crippen LogP contribution in [-0.2, 0) is 4.79 Å². The number of carboxylic acids is 1. The van der Waals surface area contributed by atoms with Gasteiger partial charge in [0.1, 0.15) is 5.54 Å². The van der Waals surface area contributed by atoms with Gasteiger partial charge < -0.3 is 5.11 Å². The van der Waals surface area contributed by atoms with Crippen molar-refractivity contribution in [2.45, 2.75) is 77.8 Å². The van der Waals surface area contributed by atoms with Gasteiger partial charge in [0.05, 0.1) is 0 Å². The number of carboxylic acid groups (broad SMARTS) is 1. The topological polar surface area (TPSA) is 40.5 Å². The van der Waals surface area contributed by atoms with Crippen molar-refractivity contribution in [2.75, 3.05) is 6.54 Å². The standard InChI is InChI=1S/C15H29NO2/c1-5-9-15(14(17)18)10-6-11-16(15)13(4)8-7-12(2)3/h12-13H,5-11H2,1-4H3,(H,17,18). The van der Waals surface area contributed by atoms with Crippen LogP contribution >= 0.6 is 0 Å². The van der Waals surface area contributed by atoms with E-state index in [1.54, 1.807) is 0 Å². The first-order valence-corrected chi connectivity index (χ1v) is 7.44. The van der Waals surface area contributed by atoms with Gasteiger partial charge in [-0.05, 0) is 51.5 Å². The average Bonchev–Trinajstić information content (AvgIpc) is 2.71. The second kappa shape index (κ2) is 6.55. The Morgan fingerprint density at radius 3 is 2.50 bits per heavy atom. The van der Waals surface area contributed by atoms with E-state index in [9.17, 15) is 9.90 Å². The molecule has 0 aromatic heterocycles. The highest BCUT2D eigenvalue weighted by atomic mass is 16.4. The Labute approximate surface area is 112 Å². The molecule has 1 N–H and O–H groups in total. The van der Waals surface area contributed by atoms with E-state index in [-0.39, 0.29) is 0 Å². The third-order valence-electron chi connectivity index (χ3n) is 4.29. The smallest absolute Gasteiger partial charge is 0.324 e. The van der Waals surface area contributed by atoms with Crippen LogP contribution < -0.4 is 0 Å². The summed E-state index contributed by atoms with van der Waals surface area (Å²) in [6.07, 6.45) is 5.87. The van der Waals surface area contributed by atoms with E-state index < -0.39 is 11.5 Å². The number of aliphatic carboxylic acids is 1. The van der Waals surface area contributed by atoms with Crippen molar-refractivity contribution in [3.05, 3.63) is 0 Å². The molecule has 1 fully saturated rings. The number of nitrogens with zero attached hydrogens (tertiary/aromatic N) is 1. The Kier molecular flexibility index (Phi) is 5.64. The normalized spacial score (nSPS) is 26.7. The van der Waals surface area contributed by atoms with Crippen LogP contribution in [0, 0.1) is 5.92 Å². The van der Waals surface area contributed by atoms with Gasteiger partial charge in [-0.15, -0.1) is 0 Å². The van der Waals surface area contributed by atoms with Crippen molar-refractivity contribution < 1.29 is 9.90 Å². The van der Waals surface area contributed by atoms with E-state index in [4.69, 9.17) is 0 Å². The highest BCUT2D eigenvalue weighted by Gasteiger charge is 2.48. The molecular formula is C15H29NO2. The molecule has 3 heteroatoms. The predicted octanol–water partition coefficient (Wildman–Crippen LogP) is 3.53. The van der Waals surface area contributed by atoms with Crippen molar-refractivity contribution in [3.8, 4) is 0 Å². The molecular weight excluding hydrogens is 226 g/mol. The van der Waals surface area contributed by atoms with E-state index in [1.807, 2.05) is 0 Å². The van der Waals surface area contributed by atoms with Gasteiger partial charge in [-0.3, -0.25) is 9.69 Å². The van der Waals surface area contributed by atoms with Gasteiger partial charge in [-0.2, -0.15) is 0 Å². The lowest BCUT2D eigenvalue weighted by molar-refractivity contribution is -0.151. The molecule has 1 saturated heterocycles. The molecule has 0 aromatic rings. The summed E-state index contributed by atoms with van der Waals surface area (Å²) < 4.78 is 0. The Balaban J connectivity index is 2.74. The largest absolute Gasteiger partial charge is 0.480 e. The number of hydrogen-bond donors (Lipinski definition) is 1. The zero-order valence-electron chi connectivity index (χ0n) is 12.4. The van der Waals surface area contributed by atoms with Gasteiger partial charge in [0.15, 0.2) is 0 Å². The molecule has 1 heterocycles. The Morgan fingerprint density at radius 1 is 1.33 bits per heavy atom. The zero-order chi connectivity index (χ0) is 13.8. The van der Waals surface area contributed by atoms with Gasteiger partial charge in [-0.25, -0.2) is 0 Å². The van der Waals surface area contributed by atoms with Crippen LogP contribution in [0.2, 0.25) is 0 Å². The third kappa shape index (κ3) is 3.25. The van der Waals surface area contributed by atoms with Crippen LogP contribution in [0.5, 0.6) is 0 Å². The molecule has 0 aliphatic carbocycles. The highest BCUT2D eigenvalue weighted by molar-refractivity contribution is 5.79. The Morgan fingerprint density at radius 2 is 2.00 bits per heavy atom. The fourth-order valence-electron chi connectivity index (χ4n) is 3.29. The van der Waals surface area contributed by atoms with Crippen molar-refractivity contribution >= 4 is 5.97 Å². The van der Waals surface area contributed by atoms with Gasteiger partial charge in [0.25, 0.3) is 0 Å². The van der Waals surface area contributed by atoms with Gasteiger partial charge in [-0.1, -0.05) is 27.2 Å². The summed E-state index contributed by atoms with van der Waals surface area (Å²) >= 11 is 0. The van der Waals surface area contributed by atoms with E-state index >= 15 is 0 Å². The first-order chi connectivity index (χ1) is 8.44. The quantitative estimate of drug-likeness (QED) is 0.756. The van der Waals surface area contributed by atoms with Gasteiger partial charge >= 0.3 is 5.97 Å². The lowest BCUT2D eigenvalue weighted by Gasteiger charge is -2.39. The van der Waals surface area contributed by atoms with Crippen LogP contribution in [-0.4, -0.2) is 34.1 Å². The molecule has 1 aliphatic rings. The van der Waals surface area contributed by atoms with Crippen molar-refractivity contribution in [1.82, 2.24) is 4.90 Å². The summed E-state index contributed by atoms with van der Waals surface area (Å²) in [6.45, 7) is 9.69. The Bertz CT molecular complexity index is 278. The fraction of sp³-hybridized carbons (Fsp3) is 0.933. The first-order valence-electron chi connectivity index (χ1n) is 7.44. The summed E-state index contributed by atoms with van der Waals surface area (Å²) in [5.74, 6) is 0.0821. The minimum absolute atomic E-state index is 0.387. The van der Waals surface area contributed by atoms with Gasteiger partial charge in [0.2, 0.25) is 0 Å². The van der Waals surface area contributed by atoms with Crippen LogP contribution in [0.3, 0.4) is 0 Å². The maximum absolute atomic E-state index is 11.7. The van der Waals surface area contributed by atoms with Crippen LogP contribution in [0.4, 0.5) is 0 Å². The molecule has 2 unspecified atom stereocenters. The zero-order valence-corrected chi connectivity index (χ0v) is 12.4. The average molecular weight is 255 g/mol. The van der Waals surface area contributed by atoms with Crippen molar-refractivity contribution in [2.24, 2.45) is 5.92 Å². The minimum atomic E-state index is -0.613. The van der Waals surface area contributed by atoms with Gasteiger partial charge in [0, 0.05) is 6.04 Å². The maximum atomic E-state index is 11.7. The molecule has 1 rings (SSSR count). The van der Waals surface area contributed by atoms with Crippen LogP contribution in [0.1, 0.15) is 66.2 Å². The summed E-state index contributed by atoms with van der Waals surface area (Å²) in [5.41, 5.74) is -0.578. The molecule has 106 valence electrons. The van der Waals surface area contributed by atoms with Crippen molar-refractivity contribution in [1.29, 1.82) is 0 Å². The molecule has 0 saturated carbocycles. The van der Waals surface area contributed by atoms with E-state index in [0.717, 1.165) is 38.6 Å². The number of hydrogen-bond acceptors (Lipinski definition) is 2. The second-order valence-corrected chi connectivity index (χ2v) is 6.20. The summed E-state index contributed by atoms with van der Waals surface area (Å²) in [6, 6.07) is 0.387. The van der Waals surface area contributed by atoms with Crippen molar-refractivity contribution in [3.63, 3.8) is 0 Å². The number of rotatable bonds is 7. The van der Waals surface area contributed by atoms with Crippen LogP contribution in [0.15, 0.2) is 0 Å². The molecule has 18 heavy (non-hydrogen) atoms. The molecule has 0 amide bonds. The van der Waals surface area contributed by atoms with E-state index in [0.29, 0.717) is 12.0 Å². The monoisotopic (exact) mass is 255 g/mol. The maximum Gasteiger partial charge on any atom is 0.324 e. The minimum Gasteiger partial charge on any atom is -0.480 e. The highest BCUT2D eigenvalue weighted by Crippen LogP contribution is 2.36. The Hall–Kier alpha value is -0.570. The lowest BCUT2D eigenvalue weighted by Crippen LogP contribution is -2.53. The second-order valence-electron chi connectivity index (χ2n) is 6.20. The van der Waals surface area contributed by atoms with E-state index in [1.165, 1.54) is 6.42 Å². The molecule has 0 bridgehead atoms. The first kappa shape index (κ1) is 15.5. The lowest BCUT2D eigenvalue weighted by atomic mass is 9.89. The summed E-state index contributed by atoms with van der Waals surface area (Å²) in [4.78, 5) is 14.0. The molecule has 1 aliphatic heterocycles. The molecule has 0 spiro atoms. The molecule has 2 atom stereocenters. The molecule has 0 aromatic carbocycles. The molecule has 3 nitrogen and oxygen atoms in total. The van der Waals surface area contributed by atoms with Crippen LogP contribution in [0.25, 0.3) is 0 Å². The number of carbonyl (C=O) groups is 1. The third-order valence-corrected chi connectivity index (χ3v) is 4.29. The summed E-state index contributed by atoms with van der Waals surface area (Å²) in [5, 5.41) is 9.65. The summed E-state index contributed by atoms with van der Waals surface area (Å²) in [7, 11) is 0. The molecule has 0 radical (unpaired) electrons. The number of likely N-dealkylation sites (tertiary alicyclic amines) is 1. The fourth-order valence-corrected chi connectivity index (χ4v) is 3.29. The van der Waals surface area contributed by atoms with E-state index in [2.05, 4.69) is 32.6 Å². The predicted molar refractivity (Wildman–Crippen MR) is 74.7 cm³/mol. The SMILES string of the molecule is CCCC1(C(=O)O)CCCN1C(C)CCC(C)C.